The van der Waals surface area contributed by atoms with Crippen LogP contribution in [0.4, 0.5) is 0 Å². The number of hydrogen-bond acceptors (Lipinski definition) is 7. The fourth-order valence-electron chi connectivity index (χ4n) is 4.11. The molecule has 0 saturated heterocycles. The molecule has 0 unspecified atom stereocenters. The minimum atomic E-state index is -0.535. The first-order valence-corrected chi connectivity index (χ1v) is 13.3. The third kappa shape index (κ3) is 6.42. The van der Waals surface area contributed by atoms with Crippen LogP contribution >= 0.6 is 15.9 Å². The van der Waals surface area contributed by atoms with E-state index in [2.05, 4.69) is 26.5 Å². The molecular weight excluding hydrogens is 586 g/mol. The van der Waals surface area contributed by atoms with E-state index in [0.29, 0.717) is 45.1 Å². The number of methoxy groups -OCH3 is 2. The number of nitrogens with zero attached hydrogens (tertiary/aromatic N) is 2. The van der Waals surface area contributed by atoms with Crippen LogP contribution in [0, 0.1) is 0 Å². The maximum absolute atomic E-state index is 13.1. The number of para-hydroxylation sites is 1. The van der Waals surface area contributed by atoms with E-state index < -0.39 is 5.97 Å². The molecule has 0 aliphatic rings. The Morgan fingerprint density at radius 3 is 2.32 bits per heavy atom. The largest absolute Gasteiger partial charge is 0.493 e. The second kappa shape index (κ2) is 12.4. The second-order valence-corrected chi connectivity index (χ2v) is 9.72. The molecular formula is C32H24BrN3O5. The summed E-state index contributed by atoms with van der Waals surface area (Å²) in [4.78, 5) is 30.4. The quantitative estimate of drug-likeness (QED) is 0.0913. The first-order chi connectivity index (χ1) is 19.9. The van der Waals surface area contributed by atoms with Gasteiger partial charge in [-0.2, -0.15) is 5.10 Å². The molecule has 0 fully saturated rings. The molecule has 5 aromatic rings. The van der Waals surface area contributed by atoms with Gasteiger partial charge >= 0.3 is 5.97 Å². The molecule has 0 spiro atoms. The summed E-state index contributed by atoms with van der Waals surface area (Å²) in [6.45, 7) is 0. The number of halogens is 1. The van der Waals surface area contributed by atoms with E-state index in [1.807, 2.05) is 48.5 Å². The molecule has 0 aliphatic heterocycles. The van der Waals surface area contributed by atoms with Gasteiger partial charge < -0.3 is 14.2 Å². The molecule has 0 bridgehead atoms. The number of carbonyl (C=O) groups excluding carboxylic acids is 2. The highest BCUT2D eigenvalue weighted by atomic mass is 79.9. The van der Waals surface area contributed by atoms with E-state index in [-0.39, 0.29) is 5.91 Å². The highest BCUT2D eigenvalue weighted by molar-refractivity contribution is 9.10. The van der Waals surface area contributed by atoms with Crippen molar-refractivity contribution in [2.45, 2.75) is 0 Å². The summed E-state index contributed by atoms with van der Waals surface area (Å²) in [6.07, 6.45) is 1.51. The summed E-state index contributed by atoms with van der Waals surface area (Å²) >= 11 is 3.45. The van der Waals surface area contributed by atoms with Crippen molar-refractivity contribution in [3.63, 3.8) is 0 Å². The number of benzene rings is 4. The molecule has 4 aromatic carbocycles. The minimum Gasteiger partial charge on any atom is -0.493 e. The number of nitrogens with one attached hydrogen (secondary N) is 1. The van der Waals surface area contributed by atoms with Gasteiger partial charge in [0.05, 0.1) is 42.8 Å². The van der Waals surface area contributed by atoms with Gasteiger partial charge in [-0.25, -0.2) is 15.2 Å². The molecule has 1 amide bonds. The number of rotatable bonds is 8. The van der Waals surface area contributed by atoms with Crippen LogP contribution in [0.2, 0.25) is 0 Å². The number of esters is 1. The average molecular weight is 610 g/mol. The molecule has 1 aromatic heterocycles. The lowest BCUT2D eigenvalue weighted by molar-refractivity contribution is 0.0734. The summed E-state index contributed by atoms with van der Waals surface area (Å²) in [6, 6.07) is 28.5. The van der Waals surface area contributed by atoms with Crippen LogP contribution in [-0.4, -0.2) is 37.3 Å². The third-order valence-corrected chi connectivity index (χ3v) is 6.72. The number of amides is 1. The standard InChI is InChI=1S/C32H24BrN3O5/c1-39-29-16-11-22(17-30(29)40-2)32(38)41-24-14-7-20(8-15-24)19-34-36-31(37)26-18-28(21-9-12-23(33)13-10-21)35-27-6-4-3-5-25(26)27/h3-19H,1-2H3,(H,36,37)/b34-19-. The van der Waals surface area contributed by atoms with E-state index in [1.54, 1.807) is 48.5 Å². The van der Waals surface area contributed by atoms with Crippen molar-refractivity contribution < 1.29 is 23.8 Å². The van der Waals surface area contributed by atoms with Crippen molar-refractivity contribution in [2.75, 3.05) is 14.2 Å². The Hall–Kier alpha value is -5.02. The molecule has 0 saturated carbocycles. The molecule has 9 heteroatoms. The van der Waals surface area contributed by atoms with Crippen LogP contribution < -0.4 is 19.6 Å². The predicted molar refractivity (Wildman–Crippen MR) is 161 cm³/mol. The Kier molecular flexibility index (Phi) is 8.36. The van der Waals surface area contributed by atoms with Gasteiger partial charge in [0.25, 0.3) is 5.91 Å². The maximum Gasteiger partial charge on any atom is 0.343 e. The molecule has 1 heterocycles. The Morgan fingerprint density at radius 2 is 1.59 bits per heavy atom. The van der Waals surface area contributed by atoms with Crippen molar-refractivity contribution in [3.8, 4) is 28.5 Å². The van der Waals surface area contributed by atoms with Gasteiger partial charge in [-0.1, -0.05) is 46.3 Å². The van der Waals surface area contributed by atoms with Crippen LogP contribution in [0.15, 0.2) is 107 Å². The minimum absolute atomic E-state index is 0.322. The molecule has 41 heavy (non-hydrogen) atoms. The van der Waals surface area contributed by atoms with Gasteiger partial charge in [0.15, 0.2) is 11.5 Å². The highest BCUT2D eigenvalue weighted by Gasteiger charge is 2.15. The molecule has 8 nitrogen and oxygen atoms in total. The summed E-state index contributed by atoms with van der Waals surface area (Å²) in [5.41, 5.74) is 6.37. The zero-order valence-corrected chi connectivity index (χ0v) is 23.7. The molecule has 0 radical (unpaired) electrons. The first-order valence-electron chi connectivity index (χ1n) is 12.5. The van der Waals surface area contributed by atoms with Gasteiger partial charge in [0, 0.05) is 15.4 Å². The summed E-state index contributed by atoms with van der Waals surface area (Å²) < 4.78 is 16.9. The Balaban J connectivity index is 1.27. The zero-order chi connectivity index (χ0) is 28.8. The van der Waals surface area contributed by atoms with Crippen molar-refractivity contribution in [2.24, 2.45) is 5.10 Å². The summed E-state index contributed by atoms with van der Waals surface area (Å²) in [5.74, 6) is 0.405. The Morgan fingerprint density at radius 1 is 0.854 bits per heavy atom. The number of carbonyl (C=O) groups is 2. The molecule has 204 valence electrons. The number of ether oxygens (including phenoxy) is 3. The van der Waals surface area contributed by atoms with E-state index in [0.717, 1.165) is 15.4 Å². The number of pyridine rings is 1. The van der Waals surface area contributed by atoms with Crippen LogP contribution in [0.1, 0.15) is 26.3 Å². The Labute approximate surface area is 244 Å². The number of aromatic nitrogens is 1. The fourth-order valence-corrected chi connectivity index (χ4v) is 4.37. The molecule has 1 N–H and O–H groups in total. The normalized spacial score (nSPS) is 10.9. The van der Waals surface area contributed by atoms with Gasteiger partial charge in [-0.05, 0) is 72.3 Å². The van der Waals surface area contributed by atoms with Crippen molar-refractivity contribution in [1.82, 2.24) is 10.4 Å². The fraction of sp³-hybridized carbons (Fsp3) is 0.0625. The number of hydrazone groups is 1. The summed E-state index contributed by atoms with van der Waals surface area (Å²) in [7, 11) is 3.02. The van der Waals surface area contributed by atoms with Crippen LogP contribution in [-0.2, 0) is 0 Å². The third-order valence-electron chi connectivity index (χ3n) is 6.19. The highest BCUT2D eigenvalue weighted by Crippen LogP contribution is 2.28. The summed E-state index contributed by atoms with van der Waals surface area (Å²) in [5, 5.41) is 4.85. The van der Waals surface area contributed by atoms with Crippen molar-refractivity contribution in [3.05, 3.63) is 118 Å². The Bertz CT molecular complexity index is 1750. The van der Waals surface area contributed by atoms with E-state index >= 15 is 0 Å². The molecule has 5 rings (SSSR count). The van der Waals surface area contributed by atoms with Crippen molar-refractivity contribution in [1.29, 1.82) is 0 Å². The van der Waals surface area contributed by atoms with Crippen LogP contribution in [0.3, 0.4) is 0 Å². The zero-order valence-electron chi connectivity index (χ0n) is 22.1. The maximum atomic E-state index is 13.1. The van der Waals surface area contributed by atoms with Crippen LogP contribution in [0.5, 0.6) is 17.2 Å². The van der Waals surface area contributed by atoms with E-state index in [1.165, 1.54) is 20.4 Å². The van der Waals surface area contributed by atoms with E-state index in [9.17, 15) is 9.59 Å². The lowest BCUT2D eigenvalue weighted by Crippen LogP contribution is -2.18. The SMILES string of the molecule is COc1ccc(C(=O)Oc2ccc(/C=N\NC(=O)c3cc(-c4ccc(Br)cc4)nc4ccccc34)cc2)cc1OC. The van der Waals surface area contributed by atoms with Gasteiger partial charge in [-0.15, -0.1) is 0 Å². The van der Waals surface area contributed by atoms with Gasteiger partial charge in [0.2, 0.25) is 0 Å². The topological polar surface area (TPSA) is 99.1 Å². The smallest absolute Gasteiger partial charge is 0.343 e. The van der Waals surface area contributed by atoms with Gasteiger partial charge in [-0.3, -0.25) is 4.79 Å². The lowest BCUT2D eigenvalue weighted by atomic mass is 10.0. The van der Waals surface area contributed by atoms with E-state index in [4.69, 9.17) is 19.2 Å². The van der Waals surface area contributed by atoms with Crippen molar-refractivity contribution >= 4 is 44.9 Å². The lowest BCUT2D eigenvalue weighted by Gasteiger charge is -2.09. The van der Waals surface area contributed by atoms with Gasteiger partial charge in [0.1, 0.15) is 5.75 Å². The van der Waals surface area contributed by atoms with Crippen LogP contribution in [0.25, 0.3) is 22.2 Å². The average Bonchev–Trinajstić information content (AvgIpc) is 3.01. The first kappa shape index (κ1) is 27.5. The number of hydrogen-bond donors (Lipinski definition) is 1. The monoisotopic (exact) mass is 609 g/mol. The molecule has 0 atom stereocenters. The predicted octanol–water partition coefficient (Wildman–Crippen LogP) is 6.66. The molecule has 0 aliphatic carbocycles. The number of fused-ring (bicyclic) bond motifs is 1. The second-order valence-electron chi connectivity index (χ2n) is 8.81.